The van der Waals surface area contributed by atoms with Gasteiger partial charge in [-0.15, -0.1) is 0 Å². The van der Waals surface area contributed by atoms with Crippen LogP contribution in [0.1, 0.15) is 12.5 Å². The molecule has 7 nitrogen and oxygen atoms in total. The number of carbonyl (C=O) groups excluding carboxylic acids is 1. The summed E-state index contributed by atoms with van der Waals surface area (Å²) < 4.78 is 43.0. The van der Waals surface area contributed by atoms with Gasteiger partial charge in [0.15, 0.2) is 11.5 Å². The number of rotatable bonds is 6. The van der Waals surface area contributed by atoms with E-state index >= 15 is 0 Å². The fourth-order valence-electron chi connectivity index (χ4n) is 2.34. The molecular weight excluding hydrogens is 358 g/mol. The lowest BCUT2D eigenvalue weighted by Gasteiger charge is -2.19. The summed E-state index contributed by atoms with van der Waals surface area (Å²) in [5.74, 6) is 0.0665. The van der Waals surface area contributed by atoms with Crippen LogP contribution >= 0.6 is 0 Å². The first kappa shape index (κ1) is 18.2. The molecular formula is C18H19NO6S. The molecule has 0 unspecified atom stereocenters. The zero-order valence-electron chi connectivity index (χ0n) is 14.2. The van der Waals surface area contributed by atoms with Crippen LogP contribution in [0.4, 0.5) is 0 Å². The summed E-state index contributed by atoms with van der Waals surface area (Å²) in [6.45, 7) is 2.45. The minimum Gasteiger partial charge on any atom is -0.486 e. The first-order valence-corrected chi connectivity index (χ1v) is 9.56. The minimum atomic E-state index is -4.04. The fraction of sp³-hybridized carbons (Fsp3) is 0.278. The molecule has 0 saturated carbocycles. The largest absolute Gasteiger partial charge is 0.486 e. The molecule has 1 aliphatic rings. The average molecular weight is 377 g/mol. The highest BCUT2D eigenvalue weighted by Crippen LogP contribution is 2.32. The molecule has 2 aromatic rings. The molecule has 3 rings (SSSR count). The lowest BCUT2D eigenvalue weighted by molar-refractivity contribution is -0.130. The number of hydrogen-bond acceptors (Lipinski definition) is 6. The summed E-state index contributed by atoms with van der Waals surface area (Å²) in [6, 6.07) is 13.5. The first-order valence-electron chi connectivity index (χ1n) is 8.07. The Balaban J connectivity index is 1.63. The van der Waals surface area contributed by atoms with Gasteiger partial charge in [-0.2, -0.15) is 0 Å². The van der Waals surface area contributed by atoms with E-state index in [1.807, 2.05) is 35.1 Å². The Morgan fingerprint density at radius 2 is 1.81 bits per heavy atom. The van der Waals surface area contributed by atoms with E-state index in [4.69, 9.17) is 14.2 Å². The highest BCUT2D eigenvalue weighted by molar-refractivity contribution is 7.90. The number of amides is 1. The van der Waals surface area contributed by atoms with Crippen molar-refractivity contribution in [3.05, 3.63) is 54.1 Å². The minimum absolute atomic E-state index is 0.0784. The van der Waals surface area contributed by atoms with Crippen molar-refractivity contribution in [1.29, 1.82) is 0 Å². The van der Waals surface area contributed by atoms with Crippen molar-refractivity contribution in [1.82, 2.24) is 4.72 Å². The molecule has 0 bridgehead atoms. The van der Waals surface area contributed by atoms with E-state index in [1.165, 1.54) is 25.1 Å². The van der Waals surface area contributed by atoms with Gasteiger partial charge in [0.1, 0.15) is 19.3 Å². The van der Waals surface area contributed by atoms with E-state index in [0.717, 1.165) is 5.56 Å². The lowest BCUT2D eigenvalue weighted by Crippen LogP contribution is -2.38. The molecule has 1 heterocycles. The third-order valence-corrected chi connectivity index (χ3v) is 5.12. The van der Waals surface area contributed by atoms with Gasteiger partial charge in [-0.05, 0) is 24.6 Å². The Labute approximate surface area is 151 Å². The summed E-state index contributed by atoms with van der Waals surface area (Å²) in [6.07, 6.45) is -0.929. The molecule has 2 aromatic carbocycles. The monoisotopic (exact) mass is 377 g/mol. The molecule has 8 heteroatoms. The standard InChI is InChI=1S/C18H19NO6S/c1-13(25-12-14-5-3-2-4-6-14)18(20)19-26(21,22)15-7-8-16-17(11-15)24-10-9-23-16/h2-8,11,13H,9-10,12H2,1H3,(H,19,20)/t13-/m1/s1. The predicted octanol–water partition coefficient (Wildman–Crippen LogP) is 1.87. The molecule has 0 aliphatic carbocycles. The van der Waals surface area contributed by atoms with Crippen LogP contribution in [-0.4, -0.2) is 33.6 Å². The second kappa shape index (κ2) is 7.76. The van der Waals surface area contributed by atoms with Crippen molar-refractivity contribution in [3.8, 4) is 11.5 Å². The van der Waals surface area contributed by atoms with Gasteiger partial charge in [0.2, 0.25) is 0 Å². The van der Waals surface area contributed by atoms with Crippen molar-refractivity contribution in [2.24, 2.45) is 0 Å². The van der Waals surface area contributed by atoms with Gasteiger partial charge in [-0.3, -0.25) is 4.79 Å². The predicted molar refractivity (Wildman–Crippen MR) is 93.5 cm³/mol. The molecule has 138 valence electrons. The van der Waals surface area contributed by atoms with Crippen molar-refractivity contribution in [3.63, 3.8) is 0 Å². The van der Waals surface area contributed by atoms with Gasteiger partial charge in [0.25, 0.3) is 15.9 Å². The molecule has 0 aromatic heterocycles. The fourth-order valence-corrected chi connectivity index (χ4v) is 3.39. The van der Waals surface area contributed by atoms with Crippen LogP contribution in [0.25, 0.3) is 0 Å². The van der Waals surface area contributed by atoms with Gasteiger partial charge in [0, 0.05) is 6.07 Å². The lowest BCUT2D eigenvalue weighted by atomic mass is 10.2. The van der Waals surface area contributed by atoms with Gasteiger partial charge in [0.05, 0.1) is 11.5 Å². The number of sulfonamides is 1. The Morgan fingerprint density at radius 1 is 1.12 bits per heavy atom. The van der Waals surface area contributed by atoms with E-state index in [2.05, 4.69) is 0 Å². The van der Waals surface area contributed by atoms with Gasteiger partial charge in [-0.25, -0.2) is 13.1 Å². The van der Waals surface area contributed by atoms with Crippen molar-refractivity contribution < 1.29 is 27.4 Å². The number of benzene rings is 2. The molecule has 1 aliphatic heterocycles. The van der Waals surface area contributed by atoms with Crippen LogP contribution in [-0.2, 0) is 26.2 Å². The average Bonchev–Trinajstić information content (AvgIpc) is 2.66. The molecule has 1 amide bonds. The number of ether oxygens (including phenoxy) is 3. The number of fused-ring (bicyclic) bond motifs is 1. The second-order valence-corrected chi connectivity index (χ2v) is 7.40. The molecule has 0 saturated heterocycles. The molecule has 0 fully saturated rings. The van der Waals surface area contributed by atoms with Gasteiger partial charge >= 0.3 is 0 Å². The van der Waals surface area contributed by atoms with Gasteiger partial charge in [-0.1, -0.05) is 30.3 Å². The smallest absolute Gasteiger partial charge is 0.264 e. The van der Waals surface area contributed by atoms with Crippen LogP contribution in [0.5, 0.6) is 11.5 Å². The van der Waals surface area contributed by atoms with Crippen LogP contribution in [0.2, 0.25) is 0 Å². The van der Waals surface area contributed by atoms with Crippen LogP contribution < -0.4 is 14.2 Å². The zero-order chi connectivity index (χ0) is 18.6. The quantitative estimate of drug-likeness (QED) is 0.826. The number of nitrogens with one attached hydrogen (secondary N) is 1. The van der Waals surface area contributed by atoms with E-state index in [1.54, 1.807) is 0 Å². The number of carbonyl (C=O) groups is 1. The van der Waals surface area contributed by atoms with Crippen LogP contribution in [0, 0.1) is 0 Å². The highest BCUT2D eigenvalue weighted by Gasteiger charge is 2.24. The Morgan fingerprint density at radius 3 is 2.54 bits per heavy atom. The SMILES string of the molecule is C[C@@H](OCc1ccccc1)C(=O)NS(=O)(=O)c1ccc2c(c1)OCCO2. The van der Waals surface area contributed by atoms with Crippen molar-refractivity contribution in [2.45, 2.75) is 24.5 Å². The van der Waals surface area contributed by atoms with Crippen LogP contribution in [0.15, 0.2) is 53.4 Å². The Bertz CT molecular complexity index is 882. The van der Waals surface area contributed by atoms with Gasteiger partial charge < -0.3 is 14.2 Å². The number of hydrogen-bond donors (Lipinski definition) is 1. The van der Waals surface area contributed by atoms with Crippen molar-refractivity contribution in [2.75, 3.05) is 13.2 Å². The summed E-state index contributed by atoms with van der Waals surface area (Å²) >= 11 is 0. The summed E-state index contributed by atoms with van der Waals surface area (Å²) in [4.78, 5) is 12.1. The maximum atomic E-state index is 12.4. The third kappa shape index (κ3) is 4.33. The molecule has 1 N–H and O–H groups in total. The van der Waals surface area contributed by atoms with E-state index in [9.17, 15) is 13.2 Å². The third-order valence-electron chi connectivity index (χ3n) is 3.77. The maximum Gasteiger partial charge on any atom is 0.264 e. The topological polar surface area (TPSA) is 90.9 Å². The zero-order valence-corrected chi connectivity index (χ0v) is 15.0. The molecule has 26 heavy (non-hydrogen) atoms. The van der Waals surface area contributed by atoms with Crippen LogP contribution in [0.3, 0.4) is 0 Å². The summed E-state index contributed by atoms with van der Waals surface area (Å²) in [5, 5.41) is 0. The highest BCUT2D eigenvalue weighted by atomic mass is 32.2. The van der Waals surface area contributed by atoms with E-state index < -0.39 is 22.0 Å². The normalized spacial score (nSPS) is 14.5. The Kier molecular flexibility index (Phi) is 5.43. The second-order valence-electron chi connectivity index (χ2n) is 5.71. The van der Waals surface area contributed by atoms with E-state index in [0.29, 0.717) is 24.7 Å². The van der Waals surface area contributed by atoms with E-state index in [-0.39, 0.29) is 11.5 Å². The summed E-state index contributed by atoms with van der Waals surface area (Å²) in [7, 11) is -4.04. The maximum absolute atomic E-state index is 12.4. The molecule has 0 spiro atoms. The molecule has 1 atom stereocenters. The Hall–Kier alpha value is -2.58. The summed E-state index contributed by atoms with van der Waals surface area (Å²) in [5.41, 5.74) is 0.891. The van der Waals surface area contributed by atoms with Crippen molar-refractivity contribution >= 4 is 15.9 Å². The first-order chi connectivity index (χ1) is 12.5. The molecule has 0 radical (unpaired) electrons.